The number of anilines is 1. The van der Waals surface area contributed by atoms with Crippen LogP contribution in [0.5, 0.6) is 5.75 Å². The van der Waals surface area contributed by atoms with Gasteiger partial charge in [0.05, 0.1) is 5.69 Å². The first-order chi connectivity index (χ1) is 16.9. The van der Waals surface area contributed by atoms with Crippen molar-refractivity contribution in [3.63, 3.8) is 0 Å². The topological polar surface area (TPSA) is 73.8 Å². The van der Waals surface area contributed by atoms with E-state index >= 15 is 0 Å². The number of carbonyl (C=O) groups is 1. The van der Waals surface area contributed by atoms with Crippen LogP contribution in [0.3, 0.4) is 0 Å². The molecule has 0 aliphatic carbocycles. The number of halogens is 1. The molecule has 4 rings (SSSR count). The maximum atomic E-state index is 12.6. The quantitative estimate of drug-likeness (QED) is 0.373. The van der Waals surface area contributed by atoms with E-state index < -0.39 is 5.60 Å². The van der Waals surface area contributed by atoms with Gasteiger partial charge in [0.15, 0.2) is 0 Å². The zero-order chi connectivity index (χ0) is 24.7. The van der Waals surface area contributed by atoms with Crippen LogP contribution in [0.25, 0.3) is 0 Å². The third-order valence-electron chi connectivity index (χ3n) is 6.13. The van der Waals surface area contributed by atoms with Gasteiger partial charge in [-0.15, -0.1) is 0 Å². The van der Waals surface area contributed by atoms with Gasteiger partial charge in [0.1, 0.15) is 18.0 Å². The average Bonchev–Trinajstić information content (AvgIpc) is 3.31. The van der Waals surface area contributed by atoms with Gasteiger partial charge in [-0.2, -0.15) is 0 Å². The summed E-state index contributed by atoms with van der Waals surface area (Å²) in [6.45, 7) is 3.11. The van der Waals surface area contributed by atoms with Gasteiger partial charge >= 0.3 is 0 Å². The maximum absolute atomic E-state index is 12.6. The highest BCUT2D eigenvalue weighted by atomic mass is 35.5. The van der Waals surface area contributed by atoms with E-state index in [0.717, 1.165) is 30.8 Å². The Morgan fingerprint density at radius 2 is 1.80 bits per heavy atom. The Morgan fingerprint density at radius 3 is 2.57 bits per heavy atom. The number of ether oxygens (including phenoxy) is 1. The summed E-state index contributed by atoms with van der Waals surface area (Å²) in [5, 5.41) is 16.8. The largest absolute Gasteiger partial charge is 0.488 e. The Labute approximate surface area is 211 Å². The standard InChI is InChI=1S/C28H32ClN3O3/c1-28(34,19-30-32-17-7-10-24(32)18-21-13-15-23(29)16-14-21)20-35-26-12-6-5-11-25(26)31-27(33)22-8-3-2-4-9-22/h2-6,8-9,11-16,24,30,34H,7,10,17-20H2,1H3,(H,31,33)/t24-,28?/m1/s1. The van der Waals surface area contributed by atoms with Gasteiger partial charge in [0.2, 0.25) is 0 Å². The summed E-state index contributed by atoms with van der Waals surface area (Å²) in [4.78, 5) is 12.6. The van der Waals surface area contributed by atoms with Crippen molar-refractivity contribution in [3.8, 4) is 5.75 Å². The van der Waals surface area contributed by atoms with E-state index in [-0.39, 0.29) is 12.5 Å². The van der Waals surface area contributed by atoms with E-state index in [1.165, 1.54) is 5.56 Å². The first-order valence-electron chi connectivity index (χ1n) is 11.9. The number of amides is 1. The van der Waals surface area contributed by atoms with Crippen molar-refractivity contribution in [1.82, 2.24) is 10.4 Å². The number of rotatable bonds is 10. The maximum Gasteiger partial charge on any atom is 0.255 e. The van der Waals surface area contributed by atoms with Gasteiger partial charge in [-0.25, -0.2) is 5.01 Å². The highest BCUT2D eigenvalue weighted by molar-refractivity contribution is 6.30. The number of hydrazine groups is 1. The summed E-state index contributed by atoms with van der Waals surface area (Å²) in [6, 6.07) is 24.6. The van der Waals surface area contributed by atoms with Gasteiger partial charge in [-0.1, -0.05) is 54.1 Å². The van der Waals surface area contributed by atoms with Crippen LogP contribution in [0.4, 0.5) is 5.69 Å². The van der Waals surface area contributed by atoms with E-state index in [1.54, 1.807) is 31.2 Å². The average molecular weight is 494 g/mol. The van der Waals surface area contributed by atoms with Crippen LogP contribution in [-0.4, -0.2) is 47.4 Å². The molecule has 7 heteroatoms. The second-order valence-corrected chi connectivity index (χ2v) is 9.69. The summed E-state index contributed by atoms with van der Waals surface area (Å²) in [6.07, 6.45) is 3.14. The molecular formula is C28H32ClN3O3. The van der Waals surface area contributed by atoms with Crippen LogP contribution in [0.2, 0.25) is 5.02 Å². The first-order valence-corrected chi connectivity index (χ1v) is 12.3. The van der Waals surface area contributed by atoms with Gasteiger partial charge in [-0.05, 0) is 68.1 Å². The molecule has 1 unspecified atom stereocenters. The van der Waals surface area contributed by atoms with E-state index in [4.69, 9.17) is 16.3 Å². The summed E-state index contributed by atoms with van der Waals surface area (Å²) >= 11 is 6.01. The van der Waals surface area contributed by atoms with Crippen molar-refractivity contribution >= 4 is 23.2 Å². The number of nitrogens with zero attached hydrogens (tertiary/aromatic N) is 1. The lowest BCUT2D eigenvalue weighted by atomic mass is 10.0. The molecule has 0 saturated carbocycles. The number of para-hydroxylation sites is 2. The molecule has 1 heterocycles. The second-order valence-electron chi connectivity index (χ2n) is 9.26. The summed E-state index contributed by atoms with van der Waals surface area (Å²) in [5.41, 5.74) is 4.69. The third kappa shape index (κ3) is 7.29. The Hall–Kier alpha value is -2.90. The Kier molecular flexibility index (Phi) is 8.42. The minimum absolute atomic E-state index is 0.0773. The fraction of sp³-hybridized carbons (Fsp3) is 0.321. The van der Waals surface area contributed by atoms with Crippen molar-refractivity contribution in [2.45, 2.75) is 37.8 Å². The summed E-state index contributed by atoms with van der Waals surface area (Å²) in [7, 11) is 0. The van der Waals surface area contributed by atoms with E-state index in [2.05, 4.69) is 27.9 Å². The lowest BCUT2D eigenvalue weighted by molar-refractivity contribution is -0.00766. The zero-order valence-corrected chi connectivity index (χ0v) is 20.7. The number of nitrogens with one attached hydrogen (secondary N) is 2. The molecule has 1 fully saturated rings. The predicted octanol–water partition coefficient (Wildman–Crippen LogP) is 4.93. The lowest BCUT2D eigenvalue weighted by Gasteiger charge is -2.31. The molecular weight excluding hydrogens is 462 g/mol. The van der Waals surface area contributed by atoms with Crippen LogP contribution < -0.4 is 15.5 Å². The summed E-state index contributed by atoms with van der Waals surface area (Å²) < 4.78 is 5.95. The lowest BCUT2D eigenvalue weighted by Crippen LogP contribution is -2.51. The van der Waals surface area contributed by atoms with Crippen LogP contribution in [0.1, 0.15) is 35.7 Å². The predicted molar refractivity (Wildman–Crippen MR) is 140 cm³/mol. The highest BCUT2D eigenvalue weighted by Crippen LogP contribution is 2.26. The molecule has 184 valence electrons. The zero-order valence-electron chi connectivity index (χ0n) is 19.9. The van der Waals surface area contributed by atoms with Crippen LogP contribution in [0.15, 0.2) is 78.9 Å². The van der Waals surface area contributed by atoms with Crippen molar-refractivity contribution in [2.24, 2.45) is 0 Å². The van der Waals surface area contributed by atoms with Crippen molar-refractivity contribution in [2.75, 3.05) is 25.0 Å². The van der Waals surface area contributed by atoms with Crippen molar-refractivity contribution in [1.29, 1.82) is 0 Å². The normalized spacial score (nSPS) is 17.6. The minimum Gasteiger partial charge on any atom is -0.488 e. The van der Waals surface area contributed by atoms with Crippen LogP contribution in [-0.2, 0) is 6.42 Å². The molecule has 6 nitrogen and oxygen atoms in total. The molecule has 0 aromatic heterocycles. The number of benzene rings is 3. The molecule has 3 aromatic rings. The van der Waals surface area contributed by atoms with Gasteiger partial charge in [-0.3, -0.25) is 10.2 Å². The molecule has 1 saturated heterocycles. The fourth-order valence-corrected chi connectivity index (χ4v) is 4.31. The van der Waals surface area contributed by atoms with Gasteiger partial charge < -0.3 is 15.2 Å². The molecule has 3 N–H and O–H groups in total. The van der Waals surface area contributed by atoms with Crippen molar-refractivity contribution < 1.29 is 14.6 Å². The highest BCUT2D eigenvalue weighted by Gasteiger charge is 2.28. The number of aliphatic hydroxyl groups is 1. The number of hydrogen-bond acceptors (Lipinski definition) is 5. The number of hydrogen-bond donors (Lipinski definition) is 3. The van der Waals surface area contributed by atoms with E-state index in [0.29, 0.717) is 29.6 Å². The molecule has 2 atom stereocenters. The molecule has 3 aromatic carbocycles. The first kappa shape index (κ1) is 25.2. The molecule has 0 radical (unpaired) electrons. The minimum atomic E-state index is -1.11. The Bertz CT molecular complexity index is 1110. The second kappa shape index (κ2) is 11.7. The molecule has 1 amide bonds. The van der Waals surface area contributed by atoms with Crippen molar-refractivity contribution in [3.05, 3.63) is 95.0 Å². The molecule has 1 aliphatic rings. The van der Waals surface area contributed by atoms with Crippen LogP contribution in [0, 0.1) is 0 Å². The molecule has 0 bridgehead atoms. The Balaban J connectivity index is 1.30. The SMILES string of the molecule is CC(O)(CNN1CCC[C@@H]1Cc1ccc(Cl)cc1)COc1ccccc1NC(=O)c1ccccc1. The molecule has 0 spiro atoms. The monoisotopic (exact) mass is 493 g/mol. The number of carbonyl (C=O) groups excluding carboxylic acids is 1. The van der Waals surface area contributed by atoms with Gasteiger partial charge in [0, 0.05) is 29.7 Å². The Morgan fingerprint density at radius 1 is 1.09 bits per heavy atom. The van der Waals surface area contributed by atoms with E-state index in [1.807, 2.05) is 42.5 Å². The molecule has 35 heavy (non-hydrogen) atoms. The van der Waals surface area contributed by atoms with E-state index in [9.17, 15) is 9.90 Å². The van der Waals surface area contributed by atoms with Crippen LogP contribution >= 0.6 is 11.6 Å². The molecule has 1 aliphatic heterocycles. The third-order valence-corrected chi connectivity index (χ3v) is 6.39. The van der Waals surface area contributed by atoms with Gasteiger partial charge in [0.25, 0.3) is 5.91 Å². The fourth-order valence-electron chi connectivity index (χ4n) is 4.18. The summed E-state index contributed by atoms with van der Waals surface area (Å²) in [5.74, 6) is 0.301. The smallest absolute Gasteiger partial charge is 0.255 e.